The average Bonchev–Trinajstić information content (AvgIpc) is 3.19. The largest absolute Gasteiger partial charge is 0.299 e. The number of rotatable bonds is 3. The lowest BCUT2D eigenvalue weighted by atomic mass is 9.99. The summed E-state index contributed by atoms with van der Waals surface area (Å²) in [7, 11) is 0. The second-order valence-corrected chi connectivity index (χ2v) is 6.85. The fourth-order valence-electron chi connectivity index (χ4n) is 3.62. The molecule has 5 heteroatoms. The highest BCUT2D eigenvalue weighted by Crippen LogP contribution is 2.28. The van der Waals surface area contributed by atoms with Gasteiger partial charge >= 0.3 is 0 Å². The van der Waals surface area contributed by atoms with Crippen molar-refractivity contribution < 1.29 is 4.39 Å². The van der Waals surface area contributed by atoms with E-state index in [1.165, 1.54) is 28.0 Å². The van der Waals surface area contributed by atoms with E-state index >= 15 is 0 Å². The van der Waals surface area contributed by atoms with Crippen LogP contribution in [0.1, 0.15) is 16.7 Å². The minimum absolute atomic E-state index is 0.128. The van der Waals surface area contributed by atoms with Gasteiger partial charge in [0.1, 0.15) is 5.82 Å². The molecule has 0 saturated heterocycles. The van der Waals surface area contributed by atoms with Gasteiger partial charge in [0.25, 0.3) is 5.56 Å². The molecule has 4 nitrogen and oxygen atoms in total. The molecule has 0 N–H and O–H groups in total. The van der Waals surface area contributed by atoms with Crippen LogP contribution in [0.4, 0.5) is 4.39 Å². The summed E-state index contributed by atoms with van der Waals surface area (Å²) in [6.07, 6.45) is 8.01. The van der Waals surface area contributed by atoms with Crippen LogP contribution in [0.5, 0.6) is 0 Å². The number of halogens is 1. The monoisotopic (exact) mass is 369 g/mol. The van der Waals surface area contributed by atoms with E-state index in [2.05, 4.69) is 34.3 Å². The summed E-state index contributed by atoms with van der Waals surface area (Å²) in [4.78, 5) is 20.5. The van der Waals surface area contributed by atoms with E-state index in [1.54, 1.807) is 24.4 Å². The predicted octanol–water partition coefficient (Wildman–Crippen LogP) is 4.22. The number of benzene rings is 2. The zero-order valence-corrected chi connectivity index (χ0v) is 15.0. The van der Waals surface area contributed by atoms with Gasteiger partial charge in [0.15, 0.2) is 5.65 Å². The Balaban J connectivity index is 1.52. The van der Waals surface area contributed by atoms with Crippen LogP contribution in [-0.2, 0) is 13.0 Å². The van der Waals surface area contributed by atoms with E-state index < -0.39 is 0 Å². The lowest BCUT2D eigenvalue weighted by molar-refractivity contribution is 0.599. The van der Waals surface area contributed by atoms with E-state index in [-0.39, 0.29) is 17.9 Å². The number of hydrogen-bond acceptors (Lipinski definition) is 3. The third-order valence-corrected chi connectivity index (χ3v) is 5.12. The number of hydrogen-bond donors (Lipinski definition) is 0. The van der Waals surface area contributed by atoms with Gasteiger partial charge in [0, 0.05) is 11.8 Å². The van der Waals surface area contributed by atoms with E-state index in [4.69, 9.17) is 0 Å². The Labute approximate surface area is 160 Å². The molecule has 28 heavy (non-hydrogen) atoms. The molecule has 0 unspecified atom stereocenters. The summed E-state index contributed by atoms with van der Waals surface area (Å²) in [5.41, 5.74) is 5.49. The van der Waals surface area contributed by atoms with Crippen molar-refractivity contribution in [2.45, 2.75) is 13.0 Å². The van der Waals surface area contributed by atoms with Crippen LogP contribution in [0, 0.1) is 5.82 Å². The molecule has 0 bridgehead atoms. The standard InChI is InChI=1S/C23H16FN3O/c24-20-12-18(17-7-6-15-3-1-4-16(15)11-17)8-9-19(20)14-27-21-5-2-10-25-23(21)26-13-22(27)28/h1-2,4-13H,3,14H2. The summed E-state index contributed by atoms with van der Waals surface area (Å²) in [5, 5.41) is 0. The Morgan fingerprint density at radius 1 is 1.04 bits per heavy atom. The summed E-state index contributed by atoms with van der Waals surface area (Å²) in [5.74, 6) is -0.339. The fraction of sp³-hybridized carbons (Fsp3) is 0.0870. The van der Waals surface area contributed by atoms with Gasteiger partial charge < -0.3 is 0 Å². The maximum Gasteiger partial charge on any atom is 0.269 e. The maximum atomic E-state index is 14.9. The first-order chi connectivity index (χ1) is 13.7. The highest BCUT2D eigenvalue weighted by Gasteiger charge is 2.11. The van der Waals surface area contributed by atoms with Crippen LogP contribution >= 0.6 is 0 Å². The average molecular weight is 369 g/mol. The number of aromatic nitrogens is 3. The minimum atomic E-state index is -0.339. The van der Waals surface area contributed by atoms with Gasteiger partial charge in [0.05, 0.1) is 18.3 Å². The fourth-order valence-corrected chi connectivity index (χ4v) is 3.62. The Hall–Kier alpha value is -3.60. The molecule has 0 atom stereocenters. The number of fused-ring (bicyclic) bond motifs is 2. The van der Waals surface area contributed by atoms with Gasteiger partial charge in [-0.15, -0.1) is 0 Å². The molecule has 4 aromatic rings. The molecule has 2 heterocycles. The second kappa shape index (κ2) is 6.53. The second-order valence-electron chi connectivity index (χ2n) is 6.85. The molecule has 1 aliphatic carbocycles. The molecule has 0 fully saturated rings. The molecule has 0 radical (unpaired) electrons. The highest BCUT2D eigenvalue weighted by molar-refractivity contribution is 5.72. The van der Waals surface area contributed by atoms with E-state index in [0.29, 0.717) is 16.7 Å². The number of pyridine rings is 1. The highest BCUT2D eigenvalue weighted by atomic mass is 19.1. The molecule has 5 rings (SSSR count). The zero-order valence-electron chi connectivity index (χ0n) is 15.0. The molecular formula is C23H16FN3O. The number of nitrogens with zero attached hydrogens (tertiary/aromatic N) is 3. The summed E-state index contributed by atoms with van der Waals surface area (Å²) in [6, 6.07) is 14.9. The van der Waals surface area contributed by atoms with Crippen LogP contribution < -0.4 is 5.56 Å². The first-order valence-corrected chi connectivity index (χ1v) is 9.08. The lowest BCUT2D eigenvalue weighted by Crippen LogP contribution is -2.21. The molecule has 0 aliphatic heterocycles. The van der Waals surface area contributed by atoms with Crippen molar-refractivity contribution in [3.63, 3.8) is 0 Å². The van der Waals surface area contributed by atoms with Gasteiger partial charge in [-0.25, -0.2) is 14.4 Å². The maximum absolute atomic E-state index is 14.9. The van der Waals surface area contributed by atoms with Crippen molar-refractivity contribution in [3.05, 3.63) is 99.9 Å². The van der Waals surface area contributed by atoms with Crippen molar-refractivity contribution in [1.82, 2.24) is 14.5 Å². The summed E-state index contributed by atoms with van der Waals surface area (Å²) in [6.45, 7) is 0.128. The molecule has 2 aromatic heterocycles. The quantitative estimate of drug-likeness (QED) is 0.543. The third-order valence-electron chi connectivity index (χ3n) is 5.12. The van der Waals surface area contributed by atoms with Crippen LogP contribution in [-0.4, -0.2) is 14.5 Å². The SMILES string of the molecule is O=c1cnc2ncccc2n1Cc1ccc(-c2ccc3c(c2)C=CC3)cc1F. The van der Waals surface area contributed by atoms with Crippen LogP contribution in [0.2, 0.25) is 0 Å². The van der Waals surface area contributed by atoms with Gasteiger partial charge in [-0.3, -0.25) is 9.36 Å². The van der Waals surface area contributed by atoms with E-state index in [9.17, 15) is 9.18 Å². The minimum Gasteiger partial charge on any atom is -0.299 e. The third kappa shape index (κ3) is 2.81. The lowest BCUT2D eigenvalue weighted by Gasteiger charge is -2.11. The van der Waals surface area contributed by atoms with E-state index in [1.807, 2.05) is 12.1 Å². The van der Waals surface area contributed by atoms with Crippen LogP contribution in [0.25, 0.3) is 28.4 Å². The Kier molecular flexibility index (Phi) is 3.86. The van der Waals surface area contributed by atoms with E-state index in [0.717, 1.165) is 17.5 Å². The Morgan fingerprint density at radius 2 is 1.89 bits per heavy atom. The van der Waals surface area contributed by atoms with Crippen molar-refractivity contribution in [2.75, 3.05) is 0 Å². The van der Waals surface area contributed by atoms with Gasteiger partial charge in [-0.05, 0) is 52.9 Å². The molecule has 1 aliphatic rings. The zero-order chi connectivity index (χ0) is 19.1. The van der Waals surface area contributed by atoms with Crippen LogP contribution in [0.15, 0.2) is 71.8 Å². The first-order valence-electron chi connectivity index (χ1n) is 9.08. The Morgan fingerprint density at radius 3 is 2.79 bits per heavy atom. The van der Waals surface area contributed by atoms with Crippen molar-refractivity contribution in [1.29, 1.82) is 0 Å². The molecular weight excluding hydrogens is 353 g/mol. The van der Waals surface area contributed by atoms with Crippen LogP contribution in [0.3, 0.4) is 0 Å². The normalized spacial score (nSPS) is 12.5. The summed E-state index contributed by atoms with van der Waals surface area (Å²) < 4.78 is 16.4. The van der Waals surface area contributed by atoms with Gasteiger partial charge in [0.2, 0.25) is 0 Å². The molecule has 136 valence electrons. The topological polar surface area (TPSA) is 47.8 Å². The first kappa shape index (κ1) is 16.6. The molecule has 0 amide bonds. The number of allylic oxidation sites excluding steroid dienone is 1. The molecule has 2 aromatic carbocycles. The van der Waals surface area contributed by atoms with Gasteiger partial charge in [-0.2, -0.15) is 0 Å². The molecule has 0 saturated carbocycles. The summed E-state index contributed by atoms with van der Waals surface area (Å²) >= 11 is 0. The predicted molar refractivity (Wildman–Crippen MR) is 107 cm³/mol. The smallest absolute Gasteiger partial charge is 0.269 e. The molecule has 0 spiro atoms. The van der Waals surface area contributed by atoms with Gasteiger partial charge in [-0.1, -0.05) is 36.4 Å². The van der Waals surface area contributed by atoms with Crippen molar-refractivity contribution >= 4 is 17.2 Å². The Bertz CT molecular complexity index is 1310. The van der Waals surface area contributed by atoms with Crippen molar-refractivity contribution in [2.24, 2.45) is 0 Å². The van der Waals surface area contributed by atoms with Crippen molar-refractivity contribution in [3.8, 4) is 11.1 Å².